The van der Waals surface area contributed by atoms with Gasteiger partial charge in [0.05, 0.1) is 11.0 Å². The van der Waals surface area contributed by atoms with Crippen LogP contribution < -0.4 is 5.56 Å². The lowest BCUT2D eigenvalue weighted by atomic mass is 9.90. The summed E-state index contributed by atoms with van der Waals surface area (Å²) in [6.45, 7) is 3.31. The monoisotopic (exact) mass is 410 g/mol. The molecule has 0 unspecified atom stereocenters. The summed E-state index contributed by atoms with van der Waals surface area (Å²) >= 11 is 0. The summed E-state index contributed by atoms with van der Waals surface area (Å²) < 4.78 is 12.6. The van der Waals surface area contributed by atoms with E-state index in [1.54, 1.807) is 4.68 Å². The Hall–Kier alpha value is -2.38. The maximum Gasteiger partial charge on any atom is 0.277 e. The van der Waals surface area contributed by atoms with Crippen molar-refractivity contribution < 1.29 is 9.47 Å². The molecule has 2 saturated heterocycles. The van der Waals surface area contributed by atoms with E-state index in [2.05, 4.69) is 15.1 Å². The van der Waals surface area contributed by atoms with Gasteiger partial charge in [0.25, 0.3) is 5.56 Å². The van der Waals surface area contributed by atoms with E-state index in [1.165, 1.54) is 0 Å². The smallest absolute Gasteiger partial charge is 0.277 e. The van der Waals surface area contributed by atoms with Gasteiger partial charge < -0.3 is 14.5 Å². The van der Waals surface area contributed by atoms with Crippen molar-refractivity contribution in [2.45, 2.75) is 44.9 Å². The fourth-order valence-corrected chi connectivity index (χ4v) is 4.75. The summed E-state index contributed by atoms with van der Waals surface area (Å²) in [4.78, 5) is 21.3. The lowest BCUT2D eigenvalue weighted by Crippen LogP contribution is -2.23. The topological polar surface area (TPSA) is 84.9 Å². The Bertz CT molecular complexity index is 1010. The third-order valence-electron chi connectivity index (χ3n) is 6.64. The molecule has 2 N–H and O–H groups in total. The van der Waals surface area contributed by atoms with E-state index >= 15 is 0 Å². The molecular weight excluding hydrogens is 380 g/mol. The molecule has 0 spiro atoms. The first kappa shape index (κ1) is 19.6. The number of hydrogen-bond acceptors (Lipinski definition) is 4. The maximum atomic E-state index is 13.4. The highest BCUT2D eigenvalue weighted by atomic mass is 16.5. The van der Waals surface area contributed by atoms with Crippen molar-refractivity contribution in [3.63, 3.8) is 0 Å². The van der Waals surface area contributed by atoms with Crippen LogP contribution >= 0.6 is 0 Å². The number of fused-ring (bicyclic) bond motifs is 1. The van der Waals surface area contributed by atoms with Crippen LogP contribution in [0.5, 0.6) is 0 Å². The molecule has 4 heterocycles. The molecule has 2 aromatic heterocycles. The molecule has 2 fully saturated rings. The molecule has 2 aliphatic rings. The van der Waals surface area contributed by atoms with Crippen LogP contribution in [-0.2, 0) is 22.3 Å². The average Bonchev–Trinajstić information content (AvgIpc) is 3.35. The van der Waals surface area contributed by atoms with Gasteiger partial charge in [-0.05, 0) is 68.9 Å². The van der Waals surface area contributed by atoms with E-state index in [1.807, 2.05) is 24.3 Å². The van der Waals surface area contributed by atoms with Gasteiger partial charge in [0.2, 0.25) is 5.95 Å². The zero-order chi connectivity index (χ0) is 20.3. The Kier molecular flexibility index (Phi) is 5.73. The average molecular weight is 411 g/mol. The van der Waals surface area contributed by atoms with Crippen LogP contribution in [0.25, 0.3) is 17.0 Å². The van der Waals surface area contributed by atoms with Crippen LogP contribution in [0.3, 0.4) is 0 Å². The number of benzene rings is 1. The van der Waals surface area contributed by atoms with Crippen molar-refractivity contribution in [2.75, 3.05) is 26.4 Å². The number of ether oxygens (including phenoxy) is 2. The molecule has 0 saturated carbocycles. The third-order valence-corrected chi connectivity index (χ3v) is 6.64. The molecule has 5 rings (SSSR count). The fraction of sp³-hybridized carbons (Fsp3) is 0.565. The fourth-order valence-electron chi connectivity index (χ4n) is 4.75. The van der Waals surface area contributed by atoms with Gasteiger partial charge in [-0.2, -0.15) is 4.68 Å². The van der Waals surface area contributed by atoms with E-state index in [9.17, 15) is 4.79 Å². The van der Waals surface area contributed by atoms with Gasteiger partial charge in [-0.25, -0.2) is 4.98 Å². The molecule has 0 radical (unpaired) electrons. The SMILES string of the molecule is O=c1c(CC2CCOCC2)c(CCC2CCOCC2)[nH]n1-c1nc2ccccc2[nH]1. The number of H-pyrrole nitrogens is 2. The van der Waals surface area contributed by atoms with Crippen molar-refractivity contribution in [1.29, 1.82) is 0 Å². The number of imidazole rings is 1. The number of aromatic nitrogens is 4. The van der Waals surface area contributed by atoms with Gasteiger partial charge in [-0.3, -0.25) is 9.89 Å². The van der Waals surface area contributed by atoms with Gasteiger partial charge in [0, 0.05) is 37.7 Å². The largest absolute Gasteiger partial charge is 0.381 e. The number of para-hydroxylation sites is 2. The summed E-state index contributed by atoms with van der Waals surface area (Å²) in [5.74, 6) is 1.74. The molecule has 7 nitrogen and oxygen atoms in total. The molecule has 7 heteroatoms. The molecule has 0 atom stereocenters. The van der Waals surface area contributed by atoms with Crippen molar-refractivity contribution in [3.05, 3.63) is 45.9 Å². The van der Waals surface area contributed by atoms with E-state index < -0.39 is 0 Å². The van der Waals surface area contributed by atoms with Crippen LogP contribution in [-0.4, -0.2) is 46.2 Å². The van der Waals surface area contributed by atoms with Gasteiger partial charge in [0.1, 0.15) is 0 Å². The number of nitrogens with zero attached hydrogens (tertiary/aromatic N) is 2. The predicted molar refractivity (Wildman–Crippen MR) is 115 cm³/mol. The normalized spacial score (nSPS) is 18.9. The summed E-state index contributed by atoms with van der Waals surface area (Å²) in [5.41, 5.74) is 3.82. The number of nitrogens with one attached hydrogen (secondary N) is 2. The highest BCUT2D eigenvalue weighted by molar-refractivity contribution is 5.75. The first-order chi connectivity index (χ1) is 14.8. The van der Waals surface area contributed by atoms with Crippen LogP contribution in [0.4, 0.5) is 0 Å². The van der Waals surface area contributed by atoms with E-state index in [-0.39, 0.29) is 5.56 Å². The van der Waals surface area contributed by atoms with Crippen LogP contribution in [0.1, 0.15) is 43.4 Å². The van der Waals surface area contributed by atoms with Crippen LogP contribution in [0.2, 0.25) is 0 Å². The molecule has 3 aromatic rings. The second-order valence-corrected chi connectivity index (χ2v) is 8.64. The molecular formula is C23H30N4O3. The Morgan fingerprint density at radius 3 is 2.43 bits per heavy atom. The zero-order valence-electron chi connectivity index (χ0n) is 17.4. The van der Waals surface area contributed by atoms with Crippen molar-refractivity contribution in [3.8, 4) is 5.95 Å². The molecule has 160 valence electrons. The Balaban J connectivity index is 1.45. The third kappa shape index (κ3) is 4.09. The predicted octanol–water partition coefficient (Wildman–Crippen LogP) is 3.37. The van der Waals surface area contributed by atoms with Crippen LogP contribution in [0.15, 0.2) is 29.1 Å². The zero-order valence-corrected chi connectivity index (χ0v) is 17.4. The summed E-state index contributed by atoms with van der Waals surface area (Å²) in [6, 6.07) is 7.87. The highest BCUT2D eigenvalue weighted by Crippen LogP contribution is 2.24. The first-order valence-corrected chi connectivity index (χ1v) is 11.2. The Labute approximate surface area is 175 Å². The van der Waals surface area contributed by atoms with Crippen molar-refractivity contribution >= 4 is 11.0 Å². The van der Waals surface area contributed by atoms with E-state index in [0.29, 0.717) is 17.8 Å². The second kappa shape index (κ2) is 8.78. The highest BCUT2D eigenvalue weighted by Gasteiger charge is 2.23. The number of rotatable bonds is 6. The Morgan fingerprint density at radius 1 is 1.00 bits per heavy atom. The van der Waals surface area contributed by atoms with Crippen molar-refractivity contribution in [1.82, 2.24) is 19.7 Å². The summed E-state index contributed by atoms with van der Waals surface area (Å²) in [5, 5.41) is 3.40. The number of hydrogen-bond donors (Lipinski definition) is 2. The number of aryl methyl sites for hydroxylation is 1. The minimum absolute atomic E-state index is 0.0301. The Morgan fingerprint density at radius 2 is 1.70 bits per heavy atom. The second-order valence-electron chi connectivity index (χ2n) is 8.64. The quantitative estimate of drug-likeness (QED) is 0.652. The lowest BCUT2D eigenvalue weighted by molar-refractivity contribution is 0.0637. The summed E-state index contributed by atoms with van der Waals surface area (Å²) in [7, 11) is 0. The van der Waals surface area contributed by atoms with Gasteiger partial charge in [-0.1, -0.05) is 12.1 Å². The van der Waals surface area contributed by atoms with E-state index in [0.717, 1.165) is 93.7 Å². The standard InChI is InChI=1S/C23H30N4O3/c28-22-18(15-17-9-13-30-14-10-17)19(6-5-16-7-11-29-12-8-16)26-27(22)23-24-20-3-1-2-4-21(20)25-23/h1-4,16-17,26H,5-15H2,(H,24,25). The molecule has 2 aliphatic heterocycles. The van der Waals surface area contributed by atoms with Crippen LogP contribution in [0, 0.1) is 11.8 Å². The van der Waals surface area contributed by atoms with E-state index in [4.69, 9.17) is 9.47 Å². The number of aromatic amines is 2. The summed E-state index contributed by atoms with van der Waals surface area (Å²) in [6.07, 6.45) is 7.07. The van der Waals surface area contributed by atoms with Gasteiger partial charge in [-0.15, -0.1) is 0 Å². The molecule has 0 bridgehead atoms. The first-order valence-electron chi connectivity index (χ1n) is 11.2. The molecule has 1 aromatic carbocycles. The molecule has 0 aliphatic carbocycles. The lowest BCUT2D eigenvalue weighted by Gasteiger charge is -2.23. The minimum atomic E-state index is 0.0301. The van der Waals surface area contributed by atoms with Gasteiger partial charge in [0.15, 0.2) is 0 Å². The molecule has 30 heavy (non-hydrogen) atoms. The maximum absolute atomic E-state index is 13.4. The minimum Gasteiger partial charge on any atom is -0.381 e. The molecule has 0 amide bonds. The van der Waals surface area contributed by atoms with Gasteiger partial charge >= 0.3 is 0 Å². The van der Waals surface area contributed by atoms with Crippen molar-refractivity contribution in [2.24, 2.45) is 11.8 Å².